The van der Waals surface area contributed by atoms with Crippen LogP contribution in [0.3, 0.4) is 0 Å². The average Bonchev–Trinajstić information content (AvgIpc) is 2.45. The standard InChI is InChI=1S/C14H26N2O4/c1-20-10-6-5-9-15-14(19)16-12(13(17)18)11-7-3-2-4-8-11/h11-12H,2-10H2,1H3,(H,17,18)(H2,15,16,19). The number of ether oxygens (including phenoxy) is 1. The maximum Gasteiger partial charge on any atom is 0.326 e. The number of hydrogen-bond acceptors (Lipinski definition) is 3. The zero-order valence-corrected chi connectivity index (χ0v) is 12.2. The lowest BCUT2D eigenvalue weighted by atomic mass is 9.84. The first kappa shape index (κ1) is 16.8. The van der Waals surface area contributed by atoms with Crippen LogP contribution in [0.5, 0.6) is 0 Å². The van der Waals surface area contributed by atoms with Gasteiger partial charge in [-0.3, -0.25) is 0 Å². The summed E-state index contributed by atoms with van der Waals surface area (Å²) in [4.78, 5) is 23.0. The quantitative estimate of drug-likeness (QED) is 0.593. The van der Waals surface area contributed by atoms with Gasteiger partial charge in [-0.1, -0.05) is 19.3 Å². The Kier molecular flexibility index (Phi) is 8.02. The van der Waals surface area contributed by atoms with Crippen molar-refractivity contribution in [3.63, 3.8) is 0 Å². The lowest BCUT2D eigenvalue weighted by molar-refractivity contribution is -0.141. The first-order valence-electron chi connectivity index (χ1n) is 7.41. The fourth-order valence-corrected chi connectivity index (χ4v) is 2.61. The molecule has 6 heteroatoms. The number of carboxylic acids is 1. The Bertz CT molecular complexity index is 304. The number of carbonyl (C=O) groups excluding carboxylic acids is 1. The van der Waals surface area contributed by atoms with E-state index in [1.54, 1.807) is 7.11 Å². The molecule has 1 aliphatic carbocycles. The summed E-state index contributed by atoms with van der Waals surface area (Å²) >= 11 is 0. The maximum absolute atomic E-state index is 11.7. The highest BCUT2D eigenvalue weighted by molar-refractivity contribution is 5.82. The molecule has 20 heavy (non-hydrogen) atoms. The summed E-state index contributed by atoms with van der Waals surface area (Å²) in [5.74, 6) is -0.882. The summed E-state index contributed by atoms with van der Waals surface area (Å²) in [6.45, 7) is 1.20. The van der Waals surface area contributed by atoms with Crippen molar-refractivity contribution in [1.29, 1.82) is 0 Å². The number of rotatable bonds is 8. The summed E-state index contributed by atoms with van der Waals surface area (Å²) in [6, 6.07) is -1.16. The lowest BCUT2D eigenvalue weighted by Gasteiger charge is -2.28. The van der Waals surface area contributed by atoms with Crippen LogP contribution in [0, 0.1) is 5.92 Å². The summed E-state index contributed by atoms with van der Waals surface area (Å²) < 4.78 is 4.92. The van der Waals surface area contributed by atoms with Gasteiger partial charge in [0.15, 0.2) is 0 Å². The molecule has 1 unspecified atom stereocenters. The van der Waals surface area contributed by atoms with Crippen molar-refractivity contribution in [2.75, 3.05) is 20.3 Å². The Hall–Kier alpha value is -1.30. The molecular formula is C14H26N2O4. The van der Waals surface area contributed by atoms with Crippen LogP contribution in [-0.4, -0.2) is 43.4 Å². The van der Waals surface area contributed by atoms with Crippen molar-refractivity contribution >= 4 is 12.0 Å². The third kappa shape index (κ3) is 6.23. The lowest BCUT2D eigenvalue weighted by Crippen LogP contribution is -2.50. The van der Waals surface area contributed by atoms with E-state index in [4.69, 9.17) is 4.74 Å². The van der Waals surface area contributed by atoms with E-state index < -0.39 is 12.0 Å². The van der Waals surface area contributed by atoms with Crippen LogP contribution >= 0.6 is 0 Å². The topological polar surface area (TPSA) is 87.7 Å². The second-order valence-electron chi connectivity index (χ2n) is 5.31. The highest BCUT2D eigenvalue weighted by atomic mass is 16.5. The van der Waals surface area contributed by atoms with Gasteiger partial charge < -0.3 is 20.5 Å². The largest absolute Gasteiger partial charge is 0.480 e. The first-order valence-corrected chi connectivity index (χ1v) is 7.41. The van der Waals surface area contributed by atoms with E-state index in [0.29, 0.717) is 13.2 Å². The van der Waals surface area contributed by atoms with Crippen LogP contribution < -0.4 is 10.6 Å². The number of amides is 2. The second-order valence-corrected chi connectivity index (χ2v) is 5.31. The molecule has 0 bridgehead atoms. The molecule has 0 aliphatic heterocycles. The Morgan fingerprint density at radius 1 is 1.25 bits per heavy atom. The Morgan fingerprint density at radius 3 is 2.55 bits per heavy atom. The predicted molar refractivity (Wildman–Crippen MR) is 75.6 cm³/mol. The molecule has 0 radical (unpaired) electrons. The molecule has 0 aromatic carbocycles. The maximum atomic E-state index is 11.7. The SMILES string of the molecule is COCCCCNC(=O)NC(C(=O)O)C1CCCCC1. The summed E-state index contributed by atoms with van der Waals surface area (Å²) in [5, 5.41) is 14.6. The zero-order chi connectivity index (χ0) is 14.8. The van der Waals surface area contributed by atoms with E-state index in [9.17, 15) is 14.7 Å². The minimum absolute atomic E-state index is 0.0560. The van der Waals surface area contributed by atoms with Crippen molar-refractivity contribution in [3.05, 3.63) is 0 Å². The van der Waals surface area contributed by atoms with Gasteiger partial charge in [-0.15, -0.1) is 0 Å². The molecule has 0 spiro atoms. The second kappa shape index (κ2) is 9.58. The third-order valence-electron chi connectivity index (χ3n) is 3.73. The number of aliphatic carboxylic acids is 1. The fourth-order valence-electron chi connectivity index (χ4n) is 2.61. The normalized spacial score (nSPS) is 17.4. The van der Waals surface area contributed by atoms with Gasteiger partial charge in [0.2, 0.25) is 0 Å². The van der Waals surface area contributed by atoms with Crippen LogP contribution in [0.25, 0.3) is 0 Å². The Balaban J connectivity index is 2.29. The Labute approximate surface area is 120 Å². The molecule has 2 amide bonds. The molecule has 116 valence electrons. The smallest absolute Gasteiger partial charge is 0.326 e. The molecule has 1 rings (SSSR count). The van der Waals surface area contributed by atoms with Gasteiger partial charge in [0.1, 0.15) is 6.04 Å². The molecule has 0 aromatic rings. The van der Waals surface area contributed by atoms with Crippen molar-refractivity contribution in [3.8, 4) is 0 Å². The van der Waals surface area contributed by atoms with Gasteiger partial charge in [0, 0.05) is 20.3 Å². The zero-order valence-electron chi connectivity index (χ0n) is 12.2. The monoisotopic (exact) mass is 286 g/mol. The molecule has 1 fully saturated rings. The van der Waals surface area contributed by atoms with Crippen LogP contribution in [0.4, 0.5) is 4.79 Å². The average molecular weight is 286 g/mol. The minimum atomic E-state index is -0.938. The van der Waals surface area contributed by atoms with Crippen LogP contribution in [0.2, 0.25) is 0 Å². The van der Waals surface area contributed by atoms with E-state index in [2.05, 4.69) is 10.6 Å². The molecular weight excluding hydrogens is 260 g/mol. The van der Waals surface area contributed by atoms with Crippen molar-refractivity contribution in [2.24, 2.45) is 5.92 Å². The Morgan fingerprint density at radius 2 is 1.95 bits per heavy atom. The summed E-state index contributed by atoms with van der Waals surface area (Å²) in [5.41, 5.74) is 0. The fraction of sp³-hybridized carbons (Fsp3) is 0.857. The van der Waals surface area contributed by atoms with Gasteiger partial charge >= 0.3 is 12.0 Å². The first-order chi connectivity index (χ1) is 9.65. The number of methoxy groups -OCH3 is 1. The number of carboxylic acid groups (broad SMARTS) is 1. The van der Waals surface area contributed by atoms with Crippen molar-refractivity contribution in [1.82, 2.24) is 10.6 Å². The van der Waals surface area contributed by atoms with E-state index in [0.717, 1.165) is 44.9 Å². The number of hydrogen-bond donors (Lipinski definition) is 3. The molecule has 1 saturated carbocycles. The van der Waals surface area contributed by atoms with Crippen LogP contribution in [-0.2, 0) is 9.53 Å². The number of unbranched alkanes of at least 4 members (excludes halogenated alkanes) is 1. The van der Waals surface area contributed by atoms with Gasteiger partial charge in [0.05, 0.1) is 0 Å². The highest BCUT2D eigenvalue weighted by Crippen LogP contribution is 2.26. The van der Waals surface area contributed by atoms with E-state index >= 15 is 0 Å². The molecule has 0 saturated heterocycles. The number of carbonyl (C=O) groups is 2. The van der Waals surface area contributed by atoms with E-state index in [1.807, 2.05) is 0 Å². The number of urea groups is 1. The van der Waals surface area contributed by atoms with Gasteiger partial charge in [-0.05, 0) is 31.6 Å². The predicted octanol–water partition coefficient (Wildman–Crippen LogP) is 1.75. The molecule has 1 aliphatic rings. The molecule has 0 aromatic heterocycles. The summed E-state index contributed by atoms with van der Waals surface area (Å²) in [6.07, 6.45) is 6.72. The van der Waals surface area contributed by atoms with Gasteiger partial charge in [-0.2, -0.15) is 0 Å². The molecule has 1 atom stereocenters. The highest BCUT2D eigenvalue weighted by Gasteiger charge is 2.30. The molecule has 6 nitrogen and oxygen atoms in total. The molecule has 3 N–H and O–H groups in total. The van der Waals surface area contributed by atoms with Crippen LogP contribution in [0.1, 0.15) is 44.9 Å². The van der Waals surface area contributed by atoms with E-state index in [1.165, 1.54) is 0 Å². The summed E-state index contributed by atoms with van der Waals surface area (Å²) in [7, 11) is 1.64. The van der Waals surface area contributed by atoms with Crippen molar-refractivity contribution < 1.29 is 19.4 Å². The van der Waals surface area contributed by atoms with Gasteiger partial charge in [-0.25, -0.2) is 9.59 Å². The van der Waals surface area contributed by atoms with Gasteiger partial charge in [0.25, 0.3) is 0 Å². The molecule has 0 heterocycles. The van der Waals surface area contributed by atoms with Crippen LogP contribution in [0.15, 0.2) is 0 Å². The van der Waals surface area contributed by atoms with Crippen molar-refractivity contribution in [2.45, 2.75) is 51.0 Å². The minimum Gasteiger partial charge on any atom is -0.480 e. The third-order valence-corrected chi connectivity index (χ3v) is 3.73. The number of nitrogens with one attached hydrogen (secondary N) is 2. The van der Waals surface area contributed by atoms with E-state index in [-0.39, 0.29) is 11.9 Å².